The number of carbonyl (C=O) groups is 1. The molecule has 0 saturated carbocycles. The van der Waals surface area contributed by atoms with Gasteiger partial charge in [0.05, 0.1) is 0 Å². The van der Waals surface area contributed by atoms with Gasteiger partial charge in [0.25, 0.3) is 0 Å². The molecule has 3 aromatic carbocycles. The number of amides is 1. The molecule has 1 N–H and O–H groups in total. The number of para-hydroxylation sites is 1. The number of carbonyl (C=O) groups excluding carboxylic acids is 1. The summed E-state index contributed by atoms with van der Waals surface area (Å²) in [6.45, 7) is 0.470. The Morgan fingerprint density at radius 1 is 0.800 bits per heavy atom. The van der Waals surface area contributed by atoms with Crippen molar-refractivity contribution in [3.05, 3.63) is 96.1 Å². The van der Waals surface area contributed by atoms with Crippen molar-refractivity contribution in [3.8, 4) is 5.75 Å². The predicted octanol–water partition coefficient (Wildman–Crippen LogP) is 4.84. The van der Waals surface area contributed by atoms with E-state index in [1.807, 2.05) is 84.9 Å². The van der Waals surface area contributed by atoms with E-state index in [-0.39, 0.29) is 5.91 Å². The molecular formula is C22H21NO2. The van der Waals surface area contributed by atoms with Crippen LogP contribution in [0.15, 0.2) is 84.9 Å². The summed E-state index contributed by atoms with van der Waals surface area (Å²) in [5.74, 6) is 0.852. The second-order valence-corrected chi connectivity index (χ2v) is 5.84. The smallest absolute Gasteiger partial charge is 0.224 e. The maximum Gasteiger partial charge on any atom is 0.224 e. The zero-order valence-corrected chi connectivity index (χ0v) is 14.0. The molecule has 0 radical (unpaired) electrons. The number of ether oxygens (including phenoxy) is 1. The minimum Gasteiger partial charge on any atom is -0.489 e. The third-order valence-electron chi connectivity index (χ3n) is 3.84. The lowest BCUT2D eigenvalue weighted by atomic mass is 10.1. The second-order valence-electron chi connectivity index (χ2n) is 5.84. The minimum absolute atomic E-state index is 0.0185. The summed E-state index contributed by atoms with van der Waals surface area (Å²) < 4.78 is 5.74. The van der Waals surface area contributed by atoms with Gasteiger partial charge in [0, 0.05) is 12.1 Å². The monoisotopic (exact) mass is 331 g/mol. The Bertz CT molecular complexity index is 801. The van der Waals surface area contributed by atoms with Crippen molar-refractivity contribution in [2.45, 2.75) is 19.4 Å². The fourth-order valence-corrected chi connectivity index (χ4v) is 2.55. The van der Waals surface area contributed by atoms with Gasteiger partial charge in [-0.3, -0.25) is 4.79 Å². The number of rotatable bonds is 7. The van der Waals surface area contributed by atoms with E-state index < -0.39 is 0 Å². The first kappa shape index (κ1) is 16.8. The number of benzene rings is 3. The summed E-state index contributed by atoms with van der Waals surface area (Å²) in [5, 5.41) is 2.96. The Balaban J connectivity index is 1.51. The molecule has 0 unspecified atom stereocenters. The van der Waals surface area contributed by atoms with Crippen molar-refractivity contribution in [2.75, 3.05) is 5.32 Å². The van der Waals surface area contributed by atoms with Gasteiger partial charge in [-0.05, 0) is 41.8 Å². The van der Waals surface area contributed by atoms with E-state index in [0.717, 1.165) is 23.4 Å². The van der Waals surface area contributed by atoms with Crippen LogP contribution < -0.4 is 10.1 Å². The predicted molar refractivity (Wildman–Crippen MR) is 101 cm³/mol. The van der Waals surface area contributed by atoms with Crippen LogP contribution in [-0.4, -0.2) is 5.91 Å². The molecule has 0 saturated heterocycles. The molecule has 1 amide bonds. The van der Waals surface area contributed by atoms with Crippen LogP contribution in [0.3, 0.4) is 0 Å². The SMILES string of the molecule is O=C(CCc1ccccc1)Nc1cccc(COc2ccccc2)c1. The molecule has 0 heterocycles. The lowest BCUT2D eigenvalue weighted by Crippen LogP contribution is -2.12. The maximum absolute atomic E-state index is 12.1. The Morgan fingerprint density at radius 2 is 1.48 bits per heavy atom. The molecule has 3 aromatic rings. The molecule has 0 aliphatic carbocycles. The van der Waals surface area contributed by atoms with Gasteiger partial charge < -0.3 is 10.1 Å². The Hall–Kier alpha value is -3.07. The third kappa shape index (κ3) is 5.50. The Morgan fingerprint density at radius 3 is 2.24 bits per heavy atom. The van der Waals surface area contributed by atoms with Gasteiger partial charge in [-0.15, -0.1) is 0 Å². The largest absolute Gasteiger partial charge is 0.489 e. The Labute approximate surface area is 148 Å². The van der Waals surface area contributed by atoms with Crippen LogP contribution in [0, 0.1) is 0 Å². The quantitative estimate of drug-likeness (QED) is 0.673. The highest BCUT2D eigenvalue weighted by Gasteiger charge is 2.04. The first-order valence-electron chi connectivity index (χ1n) is 8.40. The van der Waals surface area contributed by atoms with Gasteiger partial charge in [-0.25, -0.2) is 0 Å². The number of hydrogen-bond acceptors (Lipinski definition) is 2. The number of anilines is 1. The van der Waals surface area contributed by atoms with E-state index in [9.17, 15) is 4.79 Å². The highest BCUT2D eigenvalue weighted by molar-refractivity contribution is 5.90. The molecule has 126 valence electrons. The fraction of sp³-hybridized carbons (Fsp3) is 0.136. The lowest BCUT2D eigenvalue weighted by molar-refractivity contribution is -0.116. The molecule has 25 heavy (non-hydrogen) atoms. The van der Waals surface area contributed by atoms with E-state index in [1.165, 1.54) is 5.56 Å². The summed E-state index contributed by atoms with van der Waals surface area (Å²) in [5.41, 5.74) is 2.99. The van der Waals surface area contributed by atoms with Gasteiger partial charge in [-0.2, -0.15) is 0 Å². The number of hydrogen-bond donors (Lipinski definition) is 1. The highest BCUT2D eigenvalue weighted by atomic mass is 16.5. The molecule has 0 atom stereocenters. The van der Waals surface area contributed by atoms with Crippen molar-refractivity contribution in [1.29, 1.82) is 0 Å². The Kier molecular flexibility index (Phi) is 5.83. The number of nitrogens with one attached hydrogen (secondary N) is 1. The summed E-state index contributed by atoms with van der Waals surface area (Å²) in [6, 6.07) is 27.5. The molecular weight excluding hydrogens is 310 g/mol. The molecule has 3 rings (SSSR count). The van der Waals surface area contributed by atoms with E-state index in [2.05, 4.69) is 5.32 Å². The van der Waals surface area contributed by atoms with Crippen molar-refractivity contribution < 1.29 is 9.53 Å². The van der Waals surface area contributed by atoms with Crippen LogP contribution in [0.5, 0.6) is 5.75 Å². The van der Waals surface area contributed by atoms with Crippen molar-refractivity contribution in [3.63, 3.8) is 0 Å². The van der Waals surface area contributed by atoms with Crippen LogP contribution in [-0.2, 0) is 17.8 Å². The van der Waals surface area contributed by atoms with Gasteiger partial charge in [0.2, 0.25) is 5.91 Å². The van der Waals surface area contributed by atoms with Crippen LogP contribution in [0.2, 0.25) is 0 Å². The van der Waals surface area contributed by atoms with Gasteiger partial charge in [0.1, 0.15) is 12.4 Å². The van der Waals surface area contributed by atoms with E-state index >= 15 is 0 Å². The summed E-state index contributed by atoms with van der Waals surface area (Å²) >= 11 is 0. The lowest BCUT2D eigenvalue weighted by Gasteiger charge is -2.09. The van der Waals surface area contributed by atoms with Crippen molar-refractivity contribution >= 4 is 11.6 Å². The molecule has 0 bridgehead atoms. The molecule has 0 fully saturated rings. The van der Waals surface area contributed by atoms with E-state index in [1.54, 1.807) is 0 Å². The highest BCUT2D eigenvalue weighted by Crippen LogP contribution is 2.15. The molecule has 0 aliphatic rings. The summed E-state index contributed by atoms with van der Waals surface area (Å²) in [6.07, 6.45) is 1.21. The van der Waals surface area contributed by atoms with E-state index in [4.69, 9.17) is 4.74 Å². The van der Waals surface area contributed by atoms with Crippen LogP contribution in [0.4, 0.5) is 5.69 Å². The first-order valence-corrected chi connectivity index (χ1v) is 8.40. The molecule has 3 nitrogen and oxygen atoms in total. The normalized spacial score (nSPS) is 10.2. The van der Waals surface area contributed by atoms with Crippen LogP contribution >= 0.6 is 0 Å². The molecule has 0 aromatic heterocycles. The minimum atomic E-state index is 0.0185. The average molecular weight is 331 g/mol. The second kappa shape index (κ2) is 8.69. The standard InChI is InChI=1S/C22H21NO2/c24-22(15-14-18-8-3-1-4-9-18)23-20-11-7-10-19(16-20)17-25-21-12-5-2-6-13-21/h1-13,16H,14-15,17H2,(H,23,24). The molecule has 0 spiro atoms. The fourth-order valence-electron chi connectivity index (χ4n) is 2.55. The first-order chi connectivity index (χ1) is 12.3. The van der Waals surface area contributed by atoms with Crippen LogP contribution in [0.1, 0.15) is 17.5 Å². The number of aryl methyl sites for hydroxylation is 1. The van der Waals surface area contributed by atoms with Gasteiger partial charge in [-0.1, -0.05) is 60.7 Å². The summed E-state index contributed by atoms with van der Waals surface area (Å²) in [7, 11) is 0. The molecule has 0 aliphatic heterocycles. The zero-order chi connectivity index (χ0) is 17.3. The zero-order valence-electron chi connectivity index (χ0n) is 14.0. The van der Waals surface area contributed by atoms with Gasteiger partial charge >= 0.3 is 0 Å². The third-order valence-corrected chi connectivity index (χ3v) is 3.84. The summed E-state index contributed by atoms with van der Waals surface area (Å²) in [4.78, 5) is 12.1. The van der Waals surface area contributed by atoms with Gasteiger partial charge in [0.15, 0.2) is 0 Å². The average Bonchev–Trinajstić information content (AvgIpc) is 2.67. The maximum atomic E-state index is 12.1. The van der Waals surface area contributed by atoms with Crippen LogP contribution in [0.25, 0.3) is 0 Å². The topological polar surface area (TPSA) is 38.3 Å². The van der Waals surface area contributed by atoms with Crippen molar-refractivity contribution in [2.24, 2.45) is 0 Å². The van der Waals surface area contributed by atoms with E-state index in [0.29, 0.717) is 13.0 Å². The van der Waals surface area contributed by atoms with Crippen molar-refractivity contribution in [1.82, 2.24) is 0 Å². The molecule has 3 heteroatoms.